The van der Waals surface area contributed by atoms with Crippen molar-refractivity contribution in [3.05, 3.63) is 213 Å². The number of hydrogen-bond donors (Lipinski definition) is 0. The van der Waals surface area contributed by atoms with E-state index in [-0.39, 0.29) is 62.5 Å². The maximum atomic E-state index is 7.37. The quantitative estimate of drug-likeness (QED) is 0.206. The standard InChI is InChI=1S/C47H42N2O2.2BrH.Ni/c1-32-19-11-15-27-38(32)46(39-28-16-12-20-33(39)2)44(36-23-7-5-8-24-36)48-42(50-46)31-43-49-45(37-25-9-6-10-26-37)47(51-43,40-29-17-13-21-34(40)3)41-30-18-14-22-35(41)4;;;/h5-30,44-45H,31H2,1-4H3;2*1H;/q;;;+2/p-2. The van der Waals surface area contributed by atoms with Crippen molar-refractivity contribution in [3.8, 4) is 0 Å². The normalized spacial score (nSPS) is 17.7. The molecule has 8 rings (SSSR count). The van der Waals surface area contributed by atoms with E-state index in [9.17, 15) is 0 Å². The molecule has 0 saturated heterocycles. The molecule has 54 heavy (non-hydrogen) atoms. The molecule has 2 atom stereocenters. The summed E-state index contributed by atoms with van der Waals surface area (Å²) in [5.74, 6) is 1.21. The second kappa shape index (κ2) is 17.0. The van der Waals surface area contributed by atoms with Gasteiger partial charge in [-0.15, -0.1) is 0 Å². The molecule has 2 heterocycles. The predicted octanol–water partition coefficient (Wildman–Crippen LogP) is 4.84. The van der Waals surface area contributed by atoms with Gasteiger partial charge < -0.3 is 43.4 Å². The van der Waals surface area contributed by atoms with Crippen LogP contribution >= 0.6 is 0 Å². The SMILES string of the molecule is Cc1ccccc1C1(c2ccccc2C)OC(CC2=NC(c3ccccc3)C(c3ccccc3C)(c3ccccc3C)O2)=NC1c1ccccc1.[Br-].[Br-].[Ni+2]. The summed E-state index contributed by atoms with van der Waals surface area (Å²) in [6.45, 7) is 8.64. The Bertz CT molecular complexity index is 2020. The maximum absolute atomic E-state index is 7.37. The number of nitrogens with zero attached hydrogens (tertiary/aromatic N) is 2. The molecule has 6 aromatic carbocycles. The molecule has 0 saturated carbocycles. The maximum Gasteiger partial charge on any atom is 2.00 e. The Kier molecular flexibility index (Phi) is 12.9. The van der Waals surface area contributed by atoms with Crippen molar-refractivity contribution in [2.45, 2.75) is 57.4 Å². The topological polar surface area (TPSA) is 43.2 Å². The Morgan fingerprint density at radius 1 is 0.407 bits per heavy atom. The third kappa shape index (κ3) is 7.03. The van der Waals surface area contributed by atoms with Crippen LogP contribution in [0.2, 0.25) is 0 Å². The number of halogens is 2. The van der Waals surface area contributed by atoms with Gasteiger partial charge in [-0.05, 0) is 61.1 Å². The molecule has 0 aromatic heterocycles. The van der Waals surface area contributed by atoms with Gasteiger partial charge in [0.2, 0.25) is 0 Å². The summed E-state index contributed by atoms with van der Waals surface area (Å²) in [4.78, 5) is 10.9. The van der Waals surface area contributed by atoms with Crippen LogP contribution in [0, 0.1) is 27.7 Å². The first-order valence-corrected chi connectivity index (χ1v) is 17.8. The van der Waals surface area contributed by atoms with Gasteiger partial charge >= 0.3 is 16.5 Å². The van der Waals surface area contributed by atoms with Crippen LogP contribution in [-0.4, -0.2) is 11.8 Å². The summed E-state index contributed by atoms with van der Waals surface area (Å²) < 4.78 is 14.7. The molecule has 0 radical (unpaired) electrons. The minimum Gasteiger partial charge on any atom is -1.00 e. The second-order valence-electron chi connectivity index (χ2n) is 13.8. The summed E-state index contributed by atoms with van der Waals surface area (Å²) >= 11 is 0. The van der Waals surface area contributed by atoms with Gasteiger partial charge in [-0.2, -0.15) is 0 Å². The van der Waals surface area contributed by atoms with E-state index in [1.807, 2.05) is 0 Å². The van der Waals surface area contributed by atoms with Crippen molar-refractivity contribution < 1.29 is 59.9 Å². The van der Waals surface area contributed by atoms with Crippen LogP contribution in [-0.2, 0) is 37.2 Å². The molecule has 0 amide bonds. The summed E-state index contributed by atoms with van der Waals surface area (Å²) in [5, 5.41) is 0. The van der Waals surface area contributed by atoms with Gasteiger partial charge in [-0.1, -0.05) is 158 Å². The van der Waals surface area contributed by atoms with Crippen LogP contribution in [0.5, 0.6) is 0 Å². The molecule has 2 aliphatic rings. The van der Waals surface area contributed by atoms with Gasteiger partial charge in [-0.3, -0.25) is 0 Å². The molecular formula is C47H42Br2N2NiO2. The van der Waals surface area contributed by atoms with Gasteiger partial charge in [-0.25, -0.2) is 9.98 Å². The number of ether oxygens (including phenoxy) is 2. The van der Waals surface area contributed by atoms with Gasteiger partial charge in [0.25, 0.3) is 0 Å². The molecule has 6 aromatic rings. The Hall–Kier alpha value is -4.29. The number of aryl methyl sites for hydroxylation is 4. The fourth-order valence-electron chi connectivity index (χ4n) is 8.25. The molecule has 4 nitrogen and oxygen atoms in total. The first-order valence-electron chi connectivity index (χ1n) is 17.8. The van der Waals surface area contributed by atoms with Gasteiger partial charge in [0.1, 0.15) is 12.1 Å². The second-order valence-corrected chi connectivity index (χ2v) is 13.8. The van der Waals surface area contributed by atoms with Crippen LogP contribution in [0.3, 0.4) is 0 Å². The van der Waals surface area contributed by atoms with E-state index in [4.69, 9.17) is 19.5 Å². The van der Waals surface area contributed by atoms with E-state index < -0.39 is 11.2 Å². The summed E-state index contributed by atoms with van der Waals surface area (Å²) in [6.07, 6.45) is 0.311. The Morgan fingerprint density at radius 2 is 0.667 bits per heavy atom. The van der Waals surface area contributed by atoms with E-state index in [0.717, 1.165) is 55.6 Å². The summed E-state index contributed by atoms with van der Waals surface area (Å²) in [6, 6.07) is 54.5. The molecule has 276 valence electrons. The smallest absolute Gasteiger partial charge is 1.00 e. The summed E-state index contributed by atoms with van der Waals surface area (Å²) in [5.41, 5.74) is 9.36. The van der Waals surface area contributed by atoms with E-state index in [1.165, 1.54) is 0 Å². The van der Waals surface area contributed by atoms with Crippen molar-refractivity contribution in [3.63, 3.8) is 0 Å². The number of aliphatic imine (C=N–C) groups is 2. The van der Waals surface area contributed by atoms with E-state index in [2.05, 4.69) is 185 Å². The molecule has 0 bridgehead atoms. The van der Waals surface area contributed by atoms with Crippen molar-refractivity contribution in [1.29, 1.82) is 0 Å². The molecule has 2 aliphatic heterocycles. The first-order chi connectivity index (χ1) is 24.9. The third-order valence-corrected chi connectivity index (χ3v) is 10.6. The molecule has 7 heteroatoms. The zero-order chi connectivity index (χ0) is 35.0. The zero-order valence-corrected chi connectivity index (χ0v) is 34.8. The van der Waals surface area contributed by atoms with Crippen LogP contribution in [0.1, 0.15) is 74.1 Å². The molecule has 0 fully saturated rings. The van der Waals surface area contributed by atoms with Gasteiger partial charge in [0.05, 0.1) is 6.42 Å². The first kappa shape index (κ1) is 40.9. The van der Waals surface area contributed by atoms with Crippen LogP contribution in [0.4, 0.5) is 0 Å². The predicted molar refractivity (Wildman–Crippen MR) is 206 cm³/mol. The number of rotatable bonds is 8. The minimum atomic E-state index is -0.894. The van der Waals surface area contributed by atoms with Crippen molar-refractivity contribution >= 4 is 11.8 Å². The zero-order valence-electron chi connectivity index (χ0n) is 30.7. The Balaban J connectivity index is 0.00000187. The van der Waals surface area contributed by atoms with Gasteiger partial charge in [0.15, 0.2) is 23.0 Å². The van der Waals surface area contributed by atoms with Crippen LogP contribution < -0.4 is 34.0 Å². The van der Waals surface area contributed by atoms with Crippen molar-refractivity contribution in [2.24, 2.45) is 9.98 Å². The van der Waals surface area contributed by atoms with Crippen LogP contribution in [0.15, 0.2) is 168 Å². The van der Waals surface area contributed by atoms with Crippen molar-refractivity contribution in [2.75, 3.05) is 0 Å². The molecule has 2 unspecified atom stereocenters. The molecule has 0 N–H and O–H groups in total. The minimum absolute atomic E-state index is 0. The monoisotopic (exact) mass is 882 g/mol. The van der Waals surface area contributed by atoms with E-state index >= 15 is 0 Å². The number of hydrogen-bond acceptors (Lipinski definition) is 4. The Labute approximate surface area is 350 Å². The van der Waals surface area contributed by atoms with Crippen molar-refractivity contribution in [1.82, 2.24) is 0 Å². The molecular weight excluding hydrogens is 843 g/mol. The number of benzene rings is 6. The van der Waals surface area contributed by atoms with E-state index in [1.54, 1.807) is 0 Å². The average molecular weight is 885 g/mol. The third-order valence-electron chi connectivity index (χ3n) is 10.6. The van der Waals surface area contributed by atoms with E-state index in [0.29, 0.717) is 18.2 Å². The Morgan fingerprint density at radius 3 is 0.944 bits per heavy atom. The fraction of sp³-hybridized carbons (Fsp3) is 0.191. The fourth-order valence-corrected chi connectivity index (χ4v) is 8.25. The summed E-state index contributed by atoms with van der Waals surface area (Å²) in [7, 11) is 0. The van der Waals surface area contributed by atoms with Crippen LogP contribution in [0.25, 0.3) is 0 Å². The molecule has 0 aliphatic carbocycles. The average Bonchev–Trinajstić information content (AvgIpc) is 3.73. The van der Waals surface area contributed by atoms with Gasteiger partial charge in [0, 0.05) is 22.3 Å². The largest absolute Gasteiger partial charge is 2.00 e. The molecule has 0 spiro atoms.